The van der Waals surface area contributed by atoms with Crippen molar-refractivity contribution in [1.82, 2.24) is 16.0 Å². The molecular weight excluding hydrogens is 298 g/mol. The van der Waals surface area contributed by atoms with E-state index in [1.54, 1.807) is 13.8 Å². The average molecular weight is 319 g/mol. The highest BCUT2D eigenvalue weighted by molar-refractivity contribution is 5.82. The average Bonchev–Trinajstić information content (AvgIpc) is 2.40. The molecule has 126 valence electrons. The molecule has 0 heterocycles. The first-order chi connectivity index (χ1) is 10.3. The van der Waals surface area contributed by atoms with Gasteiger partial charge in [0.2, 0.25) is 11.8 Å². The maximum atomic E-state index is 11.3. The molecule has 0 bridgehead atoms. The van der Waals surface area contributed by atoms with Crippen LogP contribution in [0.4, 0.5) is 4.79 Å². The van der Waals surface area contributed by atoms with Crippen LogP contribution >= 0.6 is 0 Å². The Balaban J connectivity index is 3.57. The van der Waals surface area contributed by atoms with Gasteiger partial charge in [0, 0.05) is 13.1 Å². The van der Waals surface area contributed by atoms with Crippen molar-refractivity contribution in [2.24, 2.45) is 0 Å². The van der Waals surface area contributed by atoms with E-state index in [2.05, 4.69) is 20.7 Å². The van der Waals surface area contributed by atoms with Crippen LogP contribution < -0.4 is 16.0 Å². The number of rotatable bonds is 10. The fraction of sp³-hybridized carbons (Fsp3) is 0.667. The van der Waals surface area contributed by atoms with Crippen molar-refractivity contribution in [3.8, 4) is 0 Å². The molecule has 0 radical (unpaired) electrons. The number of amides is 3. The third kappa shape index (κ3) is 12.7. The minimum Gasteiger partial charge on any atom is -0.480 e. The number of nitrogens with one attached hydrogen (secondary N) is 3. The summed E-state index contributed by atoms with van der Waals surface area (Å²) in [4.78, 5) is 43.8. The van der Waals surface area contributed by atoms with Crippen LogP contribution in [0.15, 0.2) is 0 Å². The molecule has 10 nitrogen and oxygen atoms in total. The maximum Gasteiger partial charge on any atom is 0.407 e. The Morgan fingerprint density at radius 1 is 0.955 bits per heavy atom. The summed E-state index contributed by atoms with van der Waals surface area (Å²) >= 11 is 0. The summed E-state index contributed by atoms with van der Waals surface area (Å²) in [5.41, 5.74) is 0. The first kappa shape index (κ1) is 19.6. The fourth-order valence-corrected chi connectivity index (χ4v) is 1.16. The van der Waals surface area contributed by atoms with Gasteiger partial charge in [0.05, 0.1) is 12.6 Å². The highest BCUT2D eigenvalue weighted by atomic mass is 16.6. The smallest absolute Gasteiger partial charge is 0.407 e. The predicted octanol–water partition coefficient (Wildman–Crippen LogP) is -1.55. The fourth-order valence-electron chi connectivity index (χ4n) is 1.16. The molecule has 3 amide bonds. The molecule has 0 spiro atoms. The number of hydrogen-bond acceptors (Lipinski definition) is 6. The topological polar surface area (TPSA) is 143 Å². The molecular formula is C12H21N3O7. The first-order valence-electron chi connectivity index (χ1n) is 6.58. The van der Waals surface area contributed by atoms with Gasteiger partial charge in [-0.15, -0.1) is 0 Å². The highest BCUT2D eigenvalue weighted by Gasteiger charge is 2.07. The SMILES string of the molecule is CC(C)OC(=O)NCC(=O)NCCNC(=O)COCC(=O)O. The molecule has 0 atom stereocenters. The molecule has 0 aromatic carbocycles. The van der Waals surface area contributed by atoms with Gasteiger partial charge in [0.1, 0.15) is 13.2 Å². The zero-order valence-electron chi connectivity index (χ0n) is 12.5. The van der Waals surface area contributed by atoms with Gasteiger partial charge in [0.15, 0.2) is 0 Å². The lowest BCUT2D eigenvalue weighted by Gasteiger charge is -2.10. The summed E-state index contributed by atoms with van der Waals surface area (Å²) in [5.74, 6) is -2.09. The minimum atomic E-state index is -1.16. The molecule has 0 saturated carbocycles. The van der Waals surface area contributed by atoms with E-state index in [-0.39, 0.29) is 32.3 Å². The second-order valence-electron chi connectivity index (χ2n) is 4.39. The van der Waals surface area contributed by atoms with Gasteiger partial charge in [-0.05, 0) is 13.8 Å². The van der Waals surface area contributed by atoms with Crippen LogP contribution in [0.2, 0.25) is 0 Å². The summed E-state index contributed by atoms with van der Waals surface area (Å²) in [6, 6.07) is 0. The van der Waals surface area contributed by atoms with E-state index in [9.17, 15) is 19.2 Å². The summed E-state index contributed by atoms with van der Waals surface area (Å²) in [5, 5.41) is 15.4. The number of carbonyl (C=O) groups is 4. The lowest BCUT2D eigenvalue weighted by atomic mass is 10.5. The Labute approximate surface area is 127 Å². The van der Waals surface area contributed by atoms with Gasteiger partial charge in [0.25, 0.3) is 0 Å². The lowest BCUT2D eigenvalue weighted by molar-refractivity contribution is -0.143. The Kier molecular flexibility index (Phi) is 10.1. The van der Waals surface area contributed by atoms with Crippen molar-refractivity contribution in [2.45, 2.75) is 20.0 Å². The Morgan fingerprint density at radius 2 is 1.55 bits per heavy atom. The lowest BCUT2D eigenvalue weighted by Crippen LogP contribution is -2.41. The summed E-state index contributed by atoms with van der Waals surface area (Å²) in [6.07, 6.45) is -0.962. The van der Waals surface area contributed by atoms with Gasteiger partial charge in [-0.2, -0.15) is 0 Å². The second-order valence-corrected chi connectivity index (χ2v) is 4.39. The zero-order valence-corrected chi connectivity index (χ0v) is 12.5. The summed E-state index contributed by atoms with van der Waals surface area (Å²) in [6.45, 7) is 2.51. The van der Waals surface area contributed by atoms with E-state index < -0.39 is 30.5 Å². The van der Waals surface area contributed by atoms with Gasteiger partial charge in [-0.3, -0.25) is 9.59 Å². The van der Waals surface area contributed by atoms with E-state index in [4.69, 9.17) is 9.84 Å². The van der Waals surface area contributed by atoms with Crippen LogP contribution in [0.3, 0.4) is 0 Å². The third-order valence-electron chi connectivity index (χ3n) is 1.96. The van der Waals surface area contributed by atoms with E-state index in [1.165, 1.54) is 0 Å². The molecule has 0 unspecified atom stereocenters. The highest BCUT2D eigenvalue weighted by Crippen LogP contribution is 1.87. The number of alkyl carbamates (subject to hydrolysis) is 1. The largest absolute Gasteiger partial charge is 0.480 e. The molecule has 0 rings (SSSR count). The summed E-state index contributed by atoms with van der Waals surface area (Å²) < 4.78 is 9.34. The van der Waals surface area contributed by atoms with E-state index >= 15 is 0 Å². The van der Waals surface area contributed by atoms with Gasteiger partial charge >= 0.3 is 12.1 Å². The van der Waals surface area contributed by atoms with Crippen LogP contribution in [0.1, 0.15) is 13.8 Å². The van der Waals surface area contributed by atoms with Crippen LogP contribution in [0.5, 0.6) is 0 Å². The molecule has 0 fully saturated rings. The number of aliphatic carboxylic acids is 1. The van der Waals surface area contributed by atoms with E-state index in [0.29, 0.717) is 0 Å². The molecule has 10 heteroatoms. The molecule has 0 aromatic rings. The maximum absolute atomic E-state index is 11.3. The zero-order chi connectivity index (χ0) is 17.0. The van der Waals surface area contributed by atoms with Crippen LogP contribution in [-0.4, -0.2) is 67.9 Å². The predicted molar refractivity (Wildman–Crippen MR) is 74.1 cm³/mol. The molecule has 0 aliphatic carbocycles. The molecule has 22 heavy (non-hydrogen) atoms. The van der Waals surface area contributed by atoms with Crippen molar-refractivity contribution in [2.75, 3.05) is 32.8 Å². The van der Waals surface area contributed by atoms with E-state index in [1.807, 2.05) is 0 Å². The monoisotopic (exact) mass is 319 g/mol. The van der Waals surface area contributed by atoms with Crippen molar-refractivity contribution in [3.05, 3.63) is 0 Å². The number of carboxylic acids is 1. The molecule has 0 saturated heterocycles. The van der Waals surface area contributed by atoms with Crippen molar-refractivity contribution in [1.29, 1.82) is 0 Å². The van der Waals surface area contributed by atoms with E-state index in [0.717, 1.165) is 0 Å². The van der Waals surface area contributed by atoms with Gasteiger partial charge in [-0.1, -0.05) is 0 Å². The number of hydrogen-bond donors (Lipinski definition) is 4. The standard InChI is InChI=1S/C12H21N3O7/c1-8(2)22-12(20)15-5-9(16)13-3-4-14-10(17)6-21-7-11(18)19/h8H,3-7H2,1-2H3,(H,13,16)(H,14,17)(H,15,20)(H,18,19). The van der Waals surface area contributed by atoms with Crippen molar-refractivity contribution < 1.29 is 33.8 Å². The van der Waals surface area contributed by atoms with Crippen LogP contribution in [0, 0.1) is 0 Å². The third-order valence-corrected chi connectivity index (χ3v) is 1.96. The minimum absolute atomic E-state index is 0.150. The Bertz CT molecular complexity index is 398. The van der Waals surface area contributed by atoms with Crippen LogP contribution in [-0.2, 0) is 23.9 Å². The van der Waals surface area contributed by atoms with Gasteiger partial charge in [-0.25, -0.2) is 9.59 Å². The normalized spacial score (nSPS) is 9.95. The van der Waals surface area contributed by atoms with Crippen molar-refractivity contribution >= 4 is 23.9 Å². The molecule has 0 aliphatic heterocycles. The number of ether oxygens (including phenoxy) is 2. The van der Waals surface area contributed by atoms with Crippen molar-refractivity contribution in [3.63, 3.8) is 0 Å². The van der Waals surface area contributed by atoms with Gasteiger partial charge < -0.3 is 30.5 Å². The Morgan fingerprint density at radius 3 is 2.09 bits per heavy atom. The number of carboxylic acid groups (broad SMARTS) is 1. The molecule has 0 aromatic heterocycles. The molecule has 4 N–H and O–H groups in total. The Hall–Kier alpha value is -2.36. The quantitative estimate of drug-likeness (QED) is 0.357. The summed E-state index contributed by atoms with van der Waals surface area (Å²) in [7, 11) is 0. The second kappa shape index (κ2) is 11.3. The molecule has 0 aliphatic rings. The number of carbonyl (C=O) groups excluding carboxylic acids is 3. The van der Waals surface area contributed by atoms with Crippen LogP contribution in [0.25, 0.3) is 0 Å². The first-order valence-corrected chi connectivity index (χ1v) is 6.58.